The van der Waals surface area contributed by atoms with Crippen molar-refractivity contribution in [2.45, 2.75) is 74.2 Å². The van der Waals surface area contributed by atoms with E-state index in [2.05, 4.69) is 10.6 Å². The average Bonchev–Trinajstić information content (AvgIpc) is 3.64. The molecule has 2 fully saturated rings. The van der Waals surface area contributed by atoms with Crippen molar-refractivity contribution in [2.75, 3.05) is 18.9 Å². The number of carboxylic acids is 1. The van der Waals surface area contributed by atoms with Crippen LogP contribution in [0.5, 0.6) is 0 Å². The summed E-state index contributed by atoms with van der Waals surface area (Å²) in [5, 5.41) is 16.2. The predicted octanol–water partition coefficient (Wildman–Crippen LogP) is 4.07. The molecule has 2 aliphatic heterocycles. The van der Waals surface area contributed by atoms with Crippen LogP contribution in [0.4, 0.5) is 9.59 Å². The highest BCUT2D eigenvalue weighted by molar-refractivity contribution is 8.00. The zero-order valence-electron chi connectivity index (χ0n) is 23.5. The van der Waals surface area contributed by atoms with E-state index in [9.17, 15) is 24.3 Å². The number of hydrogen-bond acceptors (Lipinski definition) is 7. The molecule has 0 bridgehead atoms. The molecule has 2 heterocycles. The Kier molecular flexibility index (Phi) is 9.69. The summed E-state index contributed by atoms with van der Waals surface area (Å²) in [5.41, 5.74) is 9.82. The fourth-order valence-electron chi connectivity index (χ4n) is 6.30. The van der Waals surface area contributed by atoms with Crippen LogP contribution in [0.2, 0.25) is 0 Å². The van der Waals surface area contributed by atoms with Gasteiger partial charge < -0.3 is 26.2 Å². The van der Waals surface area contributed by atoms with Crippen LogP contribution in [0.25, 0.3) is 11.1 Å². The number of ether oxygens (including phenoxy) is 1. The summed E-state index contributed by atoms with van der Waals surface area (Å²) in [6, 6.07) is 14.6. The Bertz CT molecular complexity index is 1280. The van der Waals surface area contributed by atoms with Crippen LogP contribution in [-0.4, -0.2) is 76.3 Å². The Morgan fingerprint density at radius 2 is 1.69 bits per heavy atom. The van der Waals surface area contributed by atoms with Crippen LogP contribution in [0.3, 0.4) is 0 Å². The van der Waals surface area contributed by atoms with Crippen LogP contribution < -0.4 is 16.4 Å². The van der Waals surface area contributed by atoms with Gasteiger partial charge in [0.1, 0.15) is 12.6 Å². The topological polar surface area (TPSA) is 151 Å². The van der Waals surface area contributed by atoms with Crippen LogP contribution in [0.1, 0.15) is 62.0 Å². The van der Waals surface area contributed by atoms with E-state index in [0.29, 0.717) is 32.2 Å². The number of benzene rings is 2. The Balaban J connectivity index is 1.24. The van der Waals surface area contributed by atoms with Gasteiger partial charge in [0.2, 0.25) is 5.91 Å². The number of nitrogens with zero attached hydrogens (tertiary/aromatic N) is 1. The van der Waals surface area contributed by atoms with Gasteiger partial charge in [-0.25, -0.2) is 19.3 Å². The summed E-state index contributed by atoms with van der Waals surface area (Å²) in [4.78, 5) is 51.7. The molecule has 10 nitrogen and oxygen atoms in total. The van der Waals surface area contributed by atoms with E-state index in [-0.39, 0.29) is 48.7 Å². The van der Waals surface area contributed by atoms with Gasteiger partial charge in [-0.05, 0) is 60.9 Å². The quantitative estimate of drug-likeness (QED) is 0.200. The van der Waals surface area contributed by atoms with E-state index in [1.807, 2.05) is 48.5 Å². The summed E-state index contributed by atoms with van der Waals surface area (Å²) < 4.78 is 5.73. The Labute approximate surface area is 249 Å². The number of imide groups is 1. The van der Waals surface area contributed by atoms with Crippen LogP contribution in [0.15, 0.2) is 48.5 Å². The number of nitrogens with two attached hydrogens (primary N) is 1. The van der Waals surface area contributed by atoms with Crippen molar-refractivity contribution in [3.8, 4) is 11.1 Å². The zero-order chi connectivity index (χ0) is 29.6. The van der Waals surface area contributed by atoms with Gasteiger partial charge in [0.05, 0.1) is 12.1 Å². The molecule has 1 aliphatic carbocycles. The summed E-state index contributed by atoms with van der Waals surface area (Å²) in [6.45, 7) is 0.384. The second kappa shape index (κ2) is 13.6. The standard InChI is InChI=1S/C31H38N4O6S/c32-16-8-7-13-25(29(37)38)35(27(36)15-6-5-14-26-28-24(18-42-26)33-30(39)34-28)31(40)41-17-23-21-11-3-1-9-19(21)20-10-2-4-12-22(20)23/h1-4,9-12,23-26,28H,5-8,13-18,32H2,(H,37,38)(H2,33,34,39)/t24-,25-,26-,28-/m0/s1. The van der Waals surface area contributed by atoms with E-state index in [0.717, 1.165) is 39.3 Å². The fourth-order valence-corrected chi connectivity index (χ4v) is 7.84. The minimum absolute atomic E-state index is 0.00695. The monoisotopic (exact) mass is 594 g/mol. The number of aliphatic carboxylic acids is 1. The first-order chi connectivity index (χ1) is 20.4. The molecule has 2 aromatic carbocycles. The van der Waals surface area contributed by atoms with Crippen LogP contribution in [-0.2, 0) is 14.3 Å². The van der Waals surface area contributed by atoms with Crippen molar-refractivity contribution in [3.63, 3.8) is 0 Å². The highest BCUT2D eigenvalue weighted by Crippen LogP contribution is 2.44. The lowest BCUT2D eigenvalue weighted by atomic mass is 9.98. The molecule has 2 saturated heterocycles. The number of carboxylic acid groups (broad SMARTS) is 1. The van der Waals surface area contributed by atoms with E-state index >= 15 is 0 Å². The molecule has 5 N–H and O–H groups in total. The highest BCUT2D eigenvalue weighted by Gasteiger charge is 2.43. The minimum Gasteiger partial charge on any atom is -0.480 e. The highest BCUT2D eigenvalue weighted by atomic mass is 32.2. The fraction of sp³-hybridized carbons (Fsp3) is 0.484. The average molecular weight is 595 g/mol. The first-order valence-electron chi connectivity index (χ1n) is 14.7. The van der Waals surface area contributed by atoms with E-state index in [1.54, 1.807) is 11.8 Å². The van der Waals surface area contributed by atoms with Crippen molar-refractivity contribution in [1.29, 1.82) is 0 Å². The number of thioether (sulfide) groups is 1. The third-order valence-electron chi connectivity index (χ3n) is 8.40. The number of unbranched alkanes of at least 4 members (excludes halogenated alkanes) is 2. The Hall–Kier alpha value is -3.57. The van der Waals surface area contributed by atoms with E-state index in [4.69, 9.17) is 10.5 Å². The molecule has 2 aromatic rings. The van der Waals surface area contributed by atoms with Gasteiger partial charge in [-0.1, -0.05) is 55.0 Å². The summed E-state index contributed by atoms with van der Waals surface area (Å²) in [5.74, 6) is -1.16. The lowest BCUT2D eigenvalue weighted by Gasteiger charge is -2.27. The molecule has 42 heavy (non-hydrogen) atoms. The minimum atomic E-state index is -1.33. The van der Waals surface area contributed by atoms with Gasteiger partial charge in [0.25, 0.3) is 0 Å². The van der Waals surface area contributed by atoms with Gasteiger partial charge in [0.15, 0.2) is 0 Å². The van der Waals surface area contributed by atoms with Crippen molar-refractivity contribution >= 4 is 35.8 Å². The molecule has 224 valence electrons. The van der Waals surface area contributed by atoms with Gasteiger partial charge in [-0.2, -0.15) is 11.8 Å². The van der Waals surface area contributed by atoms with Crippen molar-refractivity contribution in [3.05, 3.63) is 59.7 Å². The number of nitrogens with one attached hydrogen (secondary N) is 2. The molecule has 0 spiro atoms. The van der Waals surface area contributed by atoms with Gasteiger partial charge in [-0.15, -0.1) is 0 Å². The largest absolute Gasteiger partial charge is 0.480 e. The maximum Gasteiger partial charge on any atom is 0.417 e. The molecule has 3 aliphatic rings. The van der Waals surface area contributed by atoms with E-state index < -0.39 is 24.0 Å². The first-order valence-corrected chi connectivity index (χ1v) is 15.7. The second-order valence-electron chi connectivity index (χ2n) is 11.1. The number of urea groups is 1. The van der Waals surface area contributed by atoms with E-state index in [1.165, 1.54) is 0 Å². The molecule has 0 saturated carbocycles. The molecule has 0 aromatic heterocycles. The Morgan fingerprint density at radius 1 is 1.00 bits per heavy atom. The number of rotatable bonds is 13. The maximum absolute atomic E-state index is 13.5. The molecule has 5 rings (SSSR count). The normalized spacial score (nSPS) is 21.1. The van der Waals surface area contributed by atoms with Crippen LogP contribution in [0, 0.1) is 0 Å². The second-order valence-corrected chi connectivity index (χ2v) is 12.3. The lowest BCUT2D eigenvalue weighted by Crippen LogP contribution is -2.49. The van der Waals surface area contributed by atoms with Gasteiger partial charge in [0, 0.05) is 23.3 Å². The summed E-state index contributed by atoms with van der Waals surface area (Å²) >= 11 is 1.80. The van der Waals surface area contributed by atoms with Gasteiger partial charge in [-0.3, -0.25) is 4.79 Å². The number of hydrogen-bond donors (Lipinski definition) is 4. The number of amides is 4. The molecule has 0 radical (unpaired) electrons. The number of carbonyl (C=O) groups excluding carboxylic acids is 3. The predicted molar refractivity (Wildman–Crippen MR) is 160 cm³/mol. The smallest absolute Gasteiger partial charge is 0.417 e. The zero-order valence-corrected chi connectivity index (χ0v) is 24.3. The Morgan fingerprint density at radius 3 is 2.36 bits per heavy atom. The SMILES string of the molecule is NCCCC[C@@H](C(=O)O)N(C(=O)CCCC[C@@H]1SC[C@@H]2NC(=O)N[C@@H]21)C(=O)OCC1c2ccccc2-c2ccccc21. The molecular weight excluding hydrogens is 556 g/mol. The van der Waals surface area contributed by atoms with Crippen LogP contribution >= 0.6 is 11.8 Å². The third kappa shape index (κ3) is 6.42. The molecule has 0 unspecified atom stereocenters. The first kappa shape index (κ1) is 29.9. The molecule has 4 amide bonds. The van der Waals surface area contributed by atoms with Crippen molar-refractivity contribution < 1.29 is 29.0 Å². The summed E-state index contributed by atoms with van der Waals surface area (Å²) in [7, 11) is 0. The number of fused-ring (bicyclic) bond motifs is 4. The van der Waals surface area contributed by atoms with Gasteiger partial charge >= 0.3 is 18.1 Å². The van der Waals surface area contributed by atoms with Crippen molar-refractivity contribution in [2.24, 2.45) is 5.73 Å². The maximum atomic E-state index is 13.5. The molecule has 4 atom stereocenters. The van der Waals surface area contributed by atoms with Crippen molar-refractivity contribution in [1.82, 2.24) is 15.5 Å². The molecular formula is C31H38N4O6S. The number of carbonyl (C=O) groups is 4. The summed E-state index contributed by atoms with van der Waals surface area (Å²) in [6.07, 6.45) is 2.28. The third-order valence-corrected chi connectivity index (χ3v) is 9.91. The lowest BCUT2D eigenvalue weighted by molar-refractivity contribution is -0.149. The molecule has 11 heteroatoms.